The fourth-order valence-corrected chi connectivity index (χ4v) is 3.42. The zero-order valence-corrected chi connectivity index (χ0v) is 16.8. The molecular formula is C24H21N3O3. The number of esters is 1. The van der Waals surface area contributed by atoms with Crippen LogP contribution in [0, 0.1) is 6.92 Å². The third-order valence-corrected chi connectivity index (χ3v) is 5.00. The smallest absolute Gasteiger partial charge is 0.359 e. The summed E-state index contributed by atoms with van der Waals surface area (Å²) in [5.74, 6) is -0.993. The van der Waals surface area contributed by atoms with Crippen LogP contribution < -0.4 is 0 Å². The molecule has 0 bridgehead atoms. The Hall–Kier alpha value is -3.80. The predicted molar refractivity (Wildman–Crippen MR) is 113 cm³/mol. The predicted octanol–water partition coefficient (Wildman–Crippen LogP) is 4.61. The highest BCUT2D eigenvalue weighted by molar-refractivity contribution is 6.11. The standard InChI is InChI=1S/C24H21N3O3/c1-3-16-10-7-11-18-19(13-27-21(16)18)22(28)23(17-8-5-4-6-9-17)30-24(29)20-14-25-15(2)12-26-20/h4-14,23,27H,3H2,1-2H3. The number of nitrogens with one attached hydrogen (secondary N) is 1. The number of fused-ring (bicyclic) bond motifs is 1. The quantitative estimate of drug-likeness (QED) is 0.378. The molecule has 2 aromatic heterocycles. The third-order valence-electron chi connectivity index (χ3n) is 5.00. The van der Waals surface area contributed by atoms with E-state index < -0.39 is 12.1 Å². The Kier molecular flexibility index (Phi) is 5.39. The van der Waals surface area contributed by atoms with Crippen LogP contribution in [-0.2, 0) is 11.2 Å². The van der Waals surface area contributed by atoms with E-state index in [-0.39, 0.29) is 11.5 Å². The molecule has 2 heterocycles. The number of carbonyl (C=O) groups is 2. The fourth-order valence-electron chi connectivity index (χ4n) is 3.42. The average Bonchev–Trinajstić information content (AvgIpc) is 3.22. The Labute approximate surface area is 174 Å². The van der Waals surface area contributed by atoms with E-state index in [4.69, 9.17) is 4.74 Å². The molecule has 0 fully saturated rings. The van der Waals surface area contributed by atoms with E-state index in [1.54, 1.807) is 37.4 Å². The minimum Gasteiger partial charge on any atom is -0.444 e. The number of hydrogen-bond acceptors (Lipinski definition) is 5. The molecule has 0 saturated heterocycles. The molecule has 1 unspecified atom stereocenters. The summed E-state index contributed by atoms with van der Waals surface area (Å²) in [7, 11) is 0. The van der Waals surface area contributed by atoms with Gasteiger partial charge in [0.05, 0.1) is 11.9 Å². The lowest BCUT2D eigenvalue weighted by molar-refractivity contribution is 0.0274. The van der Waals surface area contributed by atoms with Crippen LogP contribution in [0.3, 0.4) is 0 Å². The van der Waals surface area contributed by atoms with Crippen molar-refractivity contribution in [2.24, 2.45) is 0 Å². The minimum atomic E-state index is -1.09. The van der Waals surface area contributed by atoms with Crippen molar-refractivity contribution in [1.29, 1.82) is 0 Å². The minimum absolute atomic E-state index is 0.0570. The molecule has 0 radical (unpaired) electrons. The summed E-state index contributed by atoms with van der Waals surface area (Å²) in [4.78, 5) is 37.6. The van der Waals surface area contributed by atoms with E-state index in [9.17, 15) is 9.59 Å². The largest absolute Gasteiger partial charge is 0.444 e. The van der Waals surface area contributed by atoms with E-state index in [0.29, 0.717) is 16.8 Å². The second-order valence-corrected chi connectivity index (χ2v) is 7.00. The molecule has 1 N–H and O–H groups in total. The first-order valence-corrected chi connectivity index (χ1v) is 9.76. The van der Waals surface area contributed by atoms with Crippen molar-refractivity contribution < 1.29 is 14.3 Å². The monoisotopic (exact) mass is 399 g/mol. The molecule has 0 spiro atoms. The second-order valence-electron chi connectivity index (χ2n) is 7.00. The number of rotatable bonds is 6. The van der Waals surface area contributed by atoms with Crippen molar-refractivity contribution in [2.75, 3.05) is 0 Å². The summed E-state index contributed by atoms with van der Waals surface area (Å²) in [6, 6.07) is 14.8. The second kappa shape index (κ2) is 8.29. The molecule has 6 nitrogen and oxygen atoms in total. The van der Waals surface area contributed by atoms with Crippen LogP contribution in [0.1, 0.15) is 50.7 Å². The van der Waals surface area contributed by atoms with E-state index in [2.05, 4.69) is 21.9 Å². The van der Waals surface area contributed by atoms with Gasteiger partial charge in [0.15, 0.2) is 11.8 Å². The number of carbonyl (C=O) groups excluding carboxylic acids is 2. The molecule has 0 amide bonds. The summed E-state index contributed by atoms with van der Waals surface area (Å²) in [6.45, 7) is 3.84. The number of benzene rings is 2. The highest BCUT2D eigenvalue weighted by Crippen LogP contribution is 2.29. The van der Waals surface area contributed by atoms with Gasteiger partial charge in [0.2, 0.25) is 5.78 Å². The van der Waals surface area contributed by atoms with Crippen molar-refractivity contribution in [2.45, 2.75) is 26.4 Å². The van der Waals surface area contributed by atoms with E-state index >= 15 is 0 Å². The Morgan fingerprint density at radius 2 is 1.83 bits per heavy atom. The van der Waals surface area contributed by atoms with Gasteiger partial charge in [-0.3, -0.25) is 9.78 Å². The lowest BCUT2D eigenvalue weighted by Gasteiger charge is -2.17. The molecule has 0 saturated carbocycles. The summed E-state index contributed by atoms with van der Waals surface area (Å²) >= 11 is 0. The van der Waals surface area contributed by atoms with Crippen molar-refractivity contribution >= 4 is 22.7 Å². The fraction of sp³-hybridized carbons (Fsp3) is 0.167. The molecule has 30 heavy (non-hydrogen) atoms. The molecule has 0 aliphatic heterocycles. The molecule has 6 heteroatoms. The van der Waals surface area contributed by atoms with Crippen LogP contribution in [0.2, 0.25) is 0 Å². The van der Waals surface area contributed by atoms with Crippen molar-refractivity contribution in [3.05, 3.63) is 95.2 Å². The van der Waals surface area contributed by atoms with Crippen LogP contribution >= 0.6 is 0 Å². The Balaban J connectivity index is 1.72. The van der Waals surface area contributed by atoms with Crippen LogP contribution in [0.25, 0.3) is 10.9 Å². The topological polar surface area (TPSA) is 84.9 Å². The summed E-state index contributed by atoms with van der Waals surface area (Å²) < 4.78 is 5.65. The number of para-hydroxylation sites is 1. The van der Waals surface area contributed by atoms with E-state index in [0.717, 1.165) is 22.9 Å². The molecule has 1 atom stereocenters. The van der Waals surface area contributed by atoms with E-state index in [1.165, 1.54) is 12.4 Å². The normalized spacial score (nSPS) is 11.9. The first-order chi connectivity index (χ1) is 14.6. The summed E-state index contributed by atoms with van der Waals surface area (Å²) in [6.07, 6.45) is 4.27. The van der Waals surface area contributed by atoms with Crippen molar-refractivity contribution in [3.8, 4) is 0 Å². The van der Waals surface area contributed by atoms with Gasteiger partial charge in [-0.2, -0.15) is 0 Å². The van der Waals surface area contributed by atoms with Crippen LogP contribution in [0.5, 0.6) is 0 Å². The SMILES string of the molecule is CCc1cccc2c(C(=O)C(OC(=O)c3cnc(C)cn3)c3ccccc3)c[nH]c12. The van der Waals surface area contributed by atoms with Gasteiger partial charge in [-0.15, -0.1) is 0 Å². The number of aryl methyl sites for hydroxylation is 2. The summed E-state index contributed by atoms with van der Waals surface area (Å²) in [5.41, 5.74) is 3.86. The van der Waals surface area contributed by atoms with Crippen LogP contribution in [0.4, 0.5) is 0 Å². The molecule has 4 rings (SSSR count). The number of Topliss-reactive ketones (excluding diaryl/α,β-unsaturated/α-hetero) is 1. The van der Waals surface area contributed by atoms with Gasteiger partial charge in [-0.05, 0) is 18.9 Å². The van der Waals surface area contributed by atoms with Gasteiger partial charge in [0.1, 0.15) is 0 Å². The lowest BCUT2D eigenvalue weighted by Crippen LogP contribution is -2.21. The third kappa shape index (κ3) is 3.72. The van der Waals surface area contributed by atoms with Crippen LogP contribution in [-0.4, -0.2) is 26.7 Å². The lowest BCUT2D eigenvalue weighted by atomic mass is 9.98. The number of nitrogens with zero attached hydrogens (tertiary/aromatic N) is 2. The van der Waals surface area contributed by atoms with Gasteiger partial charge >= 0.3 is 5.97 Å². The highest BCUT2D eigenvalue weighted by atomic mass is 16.5. The number of aromatic nitrogens is 3. The molecule has 0 aliphatic carbocycles. The zero-order chi connectivity index (χ0) is 21.1. The zero-order valence-electron chi connectivity index (χ0n) is 16.8. The number of ketones is 1. The molecular weight excluding hydrogens is 378 g/mol. The Bertz CT molecular complexity index is 1200. The first kappa shape index (κ1) is 19.5. The maximum Gasteiger partial charge on any atom is 0.359 e. The summed E-state index contributed by atoms with van der Waals surface area (Å²) in [5, 5.41) is 0.812. The first-order valence-electron chi connectivity index (χ1n) is 9.76. The Morgan fingerprint density at radius 1 is 1.03 bits per heavy atom. The maximum absolute atomic E-state index is 13.5. The van der Waals surface area contributed by atoms with Gasteiger partial charge < -0.3 is 9.72 Å². The van der Waals surface area contributed by atoms with E-state index in [1.807, 2.05) is 24.3 Å². The molecule has 4 aromatic rings. The number of H-pyrrole nitrogens is 1. The Morgan fingerprint density at radius 3 is 2.53 bits per heavy atom. The molecule has 2 aromatic carbocycles. The van der Waals surface area contributed by atoms with Gasteiger partial charge in [-0.25, -0.2) is 9.78 Å². The maximum atomic E-state index is 13.5. The van der Waals surface area contributed by atoms with Gasteiger partial charge in [0.25, 0.3) is 0 Å². The highest BCUT2D eigenvalue weighted by Gasteiger charge is 2.29. The molecule has 0 aliphatic rings. The van der Waals surface area contributed by atoms with Crippen molar-refractivity contribution in [1.82, 2.24) is 15.0 Å². The number of aromatic amines is 1. The van der Waals surface area contributed by atoms with Crippen LogP contribution in [0.15, 0.2) is 67.1 Å². The number of ether oxygens (including phenoxy) is 1. The van der Waals surface area contributed by atoms with Gasteiger partial charge in [0, 0.05) is 34.4 Å². The number of hydrogen-bond donors (Lipinski definition) is 1. The molecule has 150 valence electrons. The average molecular weight is 399 g/mol. The van der Waals surface area contributed by atoms with Crippen molar-refractivity contribution in [3.63, 3.8) is 0 Å². The van der Waals surface area contributed by atoms with Gasteiger partial charge in [-0.1, -0.05) is 55.5 Å².